The fraction of sp³-hybridized carbons (Fsp3) is 0.389. The van der Waals surface area contributed by atoms with Crippen LogP contribution in [0.5, 0.6) is 0 Å². The number of hydrogen-bond donors (Lipinski definition) is 1. The van der Waals surface area contributed by atoms with Gasteiger partial charge in [-0.3, -0.25) is 4.72 Å². The van der Waals surface area contributed by atoms with E-state index in [4.69, 9.17) is 4.74 Å². The standard InChI is InChI=1S/C18H21NO4S2/c1-3-23-18(20)16-13-9-5-6-10-14(13)24-17(16)19-25(21,22)15-11-7-4-8-12(15)2/h4,7-8,11,19H,3,5-6,9-10H2,1-2H3. The van der Waals surface area contributed by atoms with Crippen LogP contribution in [0.4, 0.5) is 5.00 Å². The molecule has 134 valence electrons. The first kappa shape index (κ1) is 17.9. The van der Waals surface area contributed by atoms with Crippen LogP contribution in [-0.2, 0) is 27.6 Å². The molecule has 1 aliphatic carbocycles. The summed E-state index contributed by atoms with van der Waals surface area (Å²) in [5, 5.41) is 0.369. The molecule has 0 bridgehead atoms. The highest BCUT2D eigenvalue weighted by Crippen LogP contribution is 2.39. The number of fused-ring (bicyclic) bond motifs is 1. The monoisotopic (exact) mass is 379 g/mol. The first-order valence-corrected chi connectivity index (χ1v) is 10.6. The van der Waals surface area contributed by atoms with Gasteiger partial charge < -0.3 is 4.74 Å². The number of hydrogen-bond acceptors (Lipinski definition) is 5. The van der Waals surface area contributed by atoms with E-state index in [0.29, 0.717) is 16.1 Å². The smallest absolute Gasteiger partial charge is 0.341 e. The van der Waals surface area contributed by atoms with Crippen LogP contribution >= 0.6 is 11.3 Å². The van der Waals surface area contributed by atoms with E-state index in [2.05, 4.69) is 4.72 Å². The summed E-state index contributed by atoms with van der Waals surface area (Å²) < 4.78 is 33.4. The second-order valence-corrected chi connectivity index (χ2v) is 8.76. The predicted molar refractivity (Wildman–Crippen MR) is 98.9 cm³/mol. The fourth-order valence-electron chi connectivity index (χ4n) is 3.09. The number of carbonyl (C=O) groups is 1. The van der Waals surface area contributed by atoms with Gasteiger partial charge in [0, 0.05) is 4.88 Å². The van der Waals surface area contributed by atoms with Crippen molar-refractivity contribution in [3.63, 3.8) is 0 Å². The Kier molecular flexibility index (Phi) is 5.15. The average Bonchev–Trinajstić information content (AvgIpc) is 2.92. The third-order valence-corrected chi connectivity index (χ3v) is 7.11. The quantitative estimate of drug-likeness (QED) is 0.800. The second kappa shape index (κ2) is 7.17. The van der Waals surface area contributed by atoms with E-state index >= 15 is 0 Å². The van der Waals surface area contributed by atoms with Gasteiger partial charge in [-0.05, 0) is 56.7 Å². The molecule has 0 radical (unpaired) electrons. The number of nitrogens with one attached hydrogen (secondary N) is 1. The van der Waals surface area contributed by atoms with E-state index in [-0.39, 0.29) is 11.5 Å². The maximum Gasteiger partial charge on any atom is 0.341 e. The summed E-state index contributed by atoms with van der Waals surface area (Å²) in [6.07, 6.45) is 3.71. The molecule has 25 heavy (non-hydrogen) atoms. The van der Waals surface area contributed by atoms with E-state index in [1.54, 1.807) is 38.1 Å². The van der Waals surface area contributed by atoms with Gasteiger partial charge in [0.2, 0.25) is 0 Å². The highest BCUT2D eigenvalue weighted by atomic mass is 32.2. The van der Waals surface area contributed by atoms with Gasteiger partial charge in [-0.2, -0.15) is 0 Å². The third-order valence-electron chi connectivity index (χ3n) is 4.26. The minimum absolute atomic E-state index is 0.219. The zero-order valence-electron chi connectivity index (χ0n) is 14.3. The molecule has 0 fully saturated rings. The van der Waals surface area contributed by atoms with Crippen molar-refractivity contribution < 1.29 is 17.9 Å². The summed E-state index contributed by atoms with van der Waals surface area (Å²) in [6.45, 7) is 3.75. The van der Waals surface area contributed by atoms with Crippen molar-refractivity contribution >= 4 is 32.3 Å². The number of thiophene rings is 1. The number of carbonyl (C=O) groups excluding carboxylic acids is 1. The SMILES string of the molecule is CCOC(=O)c1c(NS(=O)(=O)c2ccccc2C)sc2c1CCCC2. The summed E-state index contributed by atoms with van der Waals surface area (Å²) in [4.78, 5) is 13.7. The molecule has 2 aromatic rings. The van der Waals surface area contributed by atoms with Crippen molar-refractivity contribution in [3.05, 3.63) is 45.8 Å². The number of rotatable bonds is 5. The predicted octanol–water partition coefficient (Wildman–Crippen LogP) is 3.91. The average molecular weight is 380 g/mol. The minimum atomic E-state index is -3.76. The fourth-order valence-corrected chi connectivity index (χ4v) is 5.92. The highest BCUT2D eigenvalue weighted by Gasteiger charge is 2.29. The Balaban J connectivity index is 2.04. The Bertz CT molecular complexity index is 900. The van der Waals surface area contributed by atoms with Crippen LogP contribution in [0.2, 0.25) is 0 Å². The normalized spacial score (nSPS) is 14.0. The molecule has 3 rings (SSSR count). The molecule has 0 aliphatic heterocycles. The van der Waals surface area contributed by atoms with Crippen molar-refractivity contribution in [1.82, 2.24) is 0 Å². The maximum atomic E-state index is 12.8. The molecule has 0 atom stereocenters. The highest BCUT2D eigenvalue weighted by molar-refractivity contribution is 7.93. The molecule has 0 unspecified atom stereocenters. The molecule has 0 saturated carbocycles. The Labute approximate surface area is 152 Å². The lowest BCUT2D eigenvalue weighted by Gasteiger charge is -2.13. The summed E-state index contributed by atoms with van der Waals surface area (Å²) in [6, 6.07) is 6.80. The molecular formula is C18H21NO4S2. The molecule has 0 amide bonds. The maximum absolute atomic E-state index is 12.8. The Morgan fingerprint density at radius 3 is 2.68 bits per heavy atom. The van der Waals surface area contributed by atoms with Crippen molar-refractivity contribution in [2.24, 2.45) is 0 Å². The number of aryl methyl sites for hydroxylation is 2. The lowest BCUT2D eigenvalue weighted by atomic mass is 9.95. The van der Waals surface area contributed by atoms with E-state index < -0.39 is 16.0 Å². The van der Waals surface area contributed by atoms with E-state index in [9.17, 15) is 13.2 Å². The summed E-state index contributed by atoms with van der Waals surface area (Å²) in [7, 11) is -3.76. The van der Waals surface area contributed by atoms with Gasteiger partial charge in [0.25, 0.3) is 10.0 Å². The Hall–Kier alpha value is -1.86. The number of esters is 1. The van der Waals surface area contributed by atoms with Gasteiger partial charge in [0.15, 0.2) is 0 Å². The first-order valence-electron chi connectivity index (χ1n) is 8.34. The molecule has 7 heteroatoms. The summed E-state index contributed by atoms with van der Waals surface area (Å²) >= 11 is 1.35. The molecule has 1 N–H and O–H groups in total. The van der Waals surface area contributed by atoms with Crippen molar-refractivity contribution in [3.8, 4) is 0 Å². The minimum Gasteiger partial charge on any atom is -0.462 e. The summed E-state index contributed by atoms with van der Waals surface area (Å²) in [5.41, 5.74) is 1.99. The number of benzene rings is 1. The van der Waals surface area contributed by atoms with E-state index in [1.165, 1.54) is 11.3 Å². The third kappa shape index (κ3) is 3.57. The van der Waals surface area contributed by atoms with Crippen LogP contribution in [0.3, 0.4) is 0 Å². The molecule has 1 aromatic carbocycles. The molecular weight excluding hydrogens is 358 g/mol. The first-order chi connectivity index (χ1) is 11.9. The van der Waals surface area contributed by atoms with Gasteiger partial charge >= 0.3 is 5.97 Å². The largest absolute Gasteiger partial charge is 0.462 e. The van der Waals surface area contributed by atoms with Crippen molar-refractivity contribution in [1.29, 1.82) is 0 Å². The molecule has 0 spiro atoms. The summed E-state index contributed by atoms with van der Waals surface area (Å²) in [5.74, 6) is -0.454. The molecule has 0 saturated heterocycles. The van der Waals surface area contributed by atoms with Gasteiger partial charge in [-0.1, -0.05) is 18.2 Å². The van der Waals surface area contributed by atoms with Crippen molar-refractivity contribution in [2.75, 3.05) is 11.3 Å². The molecule has 1 aromatic heterocycles. The van der Waals surface area contributed by atoms with Crippen LogP contribution in [0.1, 0.15) is 46.1 Å². The zero-order valence-corrected chi connectivity index (χ0v) is 15.9. The van der Waals surface area contributed by atoms with Crippen LogP contribution in [0.15, 0.2) is 29.2 Å². The lowest BCUT2D eigenvalue weighted by Crippen LogP contribution is -2.17. The van der Waals surface area contributed by atoms with E-state index in [0.717, 1.165) is 36.1 Å². The second-order valence-electron chi connectivity index (χ2n) is 6.01. The van der Waals surface area contributed by atoms with Crippen LogP contribution < -0.4 is 4.72 Å². The van der Waals surface area contributed by atoms with Gasteiger partial charge in [0.05, 0.1) is 17.1 Å². The van der Waals surface area contributed by atoms with Crippen LogP contribution in [-0.4, -0.2) is 21.0 Å². The number of anilines is 1. The topological polar surface area (TPSA) is 72.5 Å². The Morgan fingerprint density at radius 2 is 1.96 bits per heavy atom. The number of sulfonamides is 1. The van der Waals surface area contributed by atoms with Gasteiger partial charge in [-0.25, -0.2) is 13.2 Å². The Morgan fingerprint density at radius 1 is 1.24 bits per heavy atom. The molecule has 1 aliphatic rings. The molecule has 5 nitrogen and oxygen atoms in total. The van der Waals surface area contributed by atoms with Gasteiger partial charge in [-0.15, -0.1) is 11.3 Å². The van der Waals surface area contributed by atoms with Crippen LogP contribution in [0, 0.1) is 6.92 Å². The lowest BCUT2D eigenvalue weighted by molar-refractivity contribution is 0.0526. The number of ether oxygens (including phenoxy) is 1. The van der Waals surface area contributed by atoms with E-state index in [1.807, 2.05) is 0 Å². The zero-order chi connectivity index (χ0) is 18.0. The van der Waals surface area contributed by atoms with Crippen molar-refractivity contribution in [2.45, 2.75) is 44.4 Å². The van der Waals surface area contributed by atoms with Gasteiger partial charge in [0.1, 0.15) is 5.00 Å². The molecule has 1 heterocycles. The van der Waals surface area contributed by atoms with Crippen LogP contribution in [0.25, 0.3) is 0 Å².